The summed E-state index contributed by atoms with van der Waals surface area (Å²) >= 11 is 0. The molecule has 0 saturated heterocycles. The number of methoxy groups -OCH3 is 1. The van der Waals surface area contributed by atoms with E-state index >= 15 is 0 Å². The lowest BCUT2D eigenvalue weighted by Gasteiger charge is -2.28. The Bertz CT molecular complexity index is 200. The zero-order valence-electron chi connectivity index (χ0n) is 9.32. The van der Waals surface area contributed by atoms with Crippen molar-refractivity contribution in [1.82, 2.24) is 0 Å². The Hall–Kier alpha value is -0.610. The summed E-state index contributed by atoms with van der Waals surface area (Å²) in [6, 6.07) is -0.188. The van der Waals surface area contributed by atoms with Gasteiger partial charge in [0.2, 0.25) is 0 Å². The molecule has 0 amide bonds. The first-order chi connectivity index (χ1) is 7.11. The topological polar surface area (TPSA) is 72.5 Å². The lowest BCUT2D eigenvalue weighted by Crippen LogP contribution is -2.29. The maximum absolute atomic E-state index is 10.4. The maximum Gasteiger partial charge on any atom is 0.304 e. The second-order valence-electron chi connectivity index (χ2n) is 4.47. The summed E-state index contributed by atoms with van der Waals surface area (Å²) in [6.45, 7) is 0. The van der Waals surface area contributed by atoms with Crippen LogP contribution in [-0.2, 0) is 9.53 Å². The van der Waals surface area contributed by atoms with Crippen LogP contribution in [0.1, 0.15) is 38.5 Å². The van der Waals surface area contributed by atoms with E-state index in [9.17, 15) is 4.79 Å². The summed E-state index contributed by atoms with van der Waals surface area (Å²) in [6.07, 6.45) is 5.73. The van der Waals surface area contributed by atoms with Gasteiger partial charge in [0, 0.05) is 13.2 Å². The van der Waals surface area contributed by atoms with E-state index < -0.39 is 5.97 Å². The van der Waals surface area contributed by atoms with Gasteiger partial charge in [-0.2, -0.15) is 0 Å². The molecule has 0 aliphatic heterocycles. The Kier molecular flexibility index (Phi) is 5.05. The van der Waals surface area contributed by atoms with E-state index in [-0.39, 0.29) is 12.5 Å². The Morgan fingerprint density at radius 3 is 2.53 bits per heavy atom. The van der Waals surface area contributed by atoms with Crippen LogP contribution >= 0.6 is 0 Å². The second kappa shape index (κ2) is 6.08. The largest absolute Gasteiger partial charge is 0.481 e. The quantitative estimate of drug-likeness (QED) is 0.726. The minimum Gasteiger partial charge on any atom is -0.481 e. The third-order valence-corrected chi connectivity index (χ3v) is 3.20. The van der Waals surface area contributed by atoms with Crippen LogP contribution in [0, 0.1) is 5.92 Å². The third kappa shape index (κ3) is 4.62. The van der Waals surface area contributed by atoms with Crippen LogP contribution < -0.4 is 5.73 Å². The average Bonchev–Trinajstić information content (AvgIpc) is 2.17. The molecule has 0 aromatic heterocycles. The number of carbonyl (C=O) groups is 1. The molecule has 1 rings (SSSR count). The summed E-state index contributed by atoms with van der Waals surface area (Å²) in [5, 5.41) is 8.59. The number of hydrogen-bond donors (Lipinski definition) is 2. The van der Waals surface area contributed by atoms with Crippen molar-refractivity contribution in [3.8, 4) is 0 Å². The van der Waals surface area contributed by atoms with E-state index in [1.165, 1.54) is 0 Å². The summed E-state index contributed by atoms with van der Waals surface area (Å²) < 4.78 is 5.28. The van der Waals surface area contributed by atoms with Gasteiger partial charge in [0.25, 0.3) is 0 Å². The lowest BCUT2D eigenvalue weighted by atomic mass is 9.83. The van der Waals surface area contributed by atoms with Gasteiger partial charge in [0.05, 0.1) is 12.5 Å². The normalized spacial score (nSPS) is 28.7. The van der Waals surface area contributed by atoms with Crippen LogP contribution in [0.25, 0.3) is 0 Å². The van der Waals surface area contributed by atoms with E-state index in [0.717, 1.165) is 32.1 Å². The molecule has 0 radical (unpaired) electrons. The number of nitrogens with two attached hydrogens (primary N) is 1. The van der Waals surface area contributed by atoms with E-state index in [0.29, 0.717) is 12.0 Å². The molecule has 0 bridgehead atoms. The highest BCUT2D eigenvalue weighted by molar-refractivity contribution is 5.67. The molecule has 1 fully saturated rings. The van der Waals surface area contributed by atoms with Crippen LogP contribution in [-0.4, -0.2) is 30.3 Å². The van der Waals surface area contributed by atoms with Gasteiger partial charge in [-0.15, -0.1) is 0 Å². The van der Waals surface area contributed by atoms with Crippen LogP contribution in [0.5, 0.6) is 0 Å². The number of rotatable bonds is 5. The number of carboxylic acid groups (broad SMARTS) is 1. The minimum absolute atomic E-state index is 0.0875. The molecule has 1 saturated carbocycles. The molecule has 3 N–H and O–H groups in total. The summed E-state index contributed by atoms with van der Waals surface area (Å²) in [5.41, 5.74) is 5.76. The molecule has 0 unspecified atom stereocenters. The van der Waals surface area contributed by atoms with E-state index in [4.69, 9.17) is 15.6 Å². The van der Waals surface area contributed by atoms with E-state index in [1.807, 2.05) is 0 Å². The molecule has 1 aliphatic rings. The van der Waals surface area contributed by atoms with Gasteiger partial charge >= 0.3 is 5.97 Å². The van der Waals surface area contributed by atoms with Gasteiger partial charge in [-0.05, 0) is 38.0 Å². The van der Waals surface area contributed by atoms with Gasteiger partial charge in [0.15, 0.2) is 0 Å². The van der Waals surface area contributed by atoms with Gasteiger partial charge in [0.1, 0.15) is 0 Å². The molecule has 0 aromatic rings. The molecule has 0 heterocycles. The smallest absolute Gasteiger partial charge is 0.304 e. The summed E-state index contributed by atoms with van der Waals surface area (Å²) in [4.78, 5) is 10.4. The first-order valence-electron chi connectivity index (χ1n) is 5.62. The van der Waals surface area contributed by atoms with Crippen molar-refractivity contribution in [2.75, 3.05) is 7.11 Å². The Morgan fingerprint density at radius 2 is 2.07 bits per heavy atom. The fraction of sp³-hybridized carbons (Fsp3) is 0.909. The predicted octanol–water partition coefficient (Wildman–Crippen LogP) is 1.38. The van der Waals surface area contributed by atoms with Gasteiger partial charge in [-0.1, -0.05) is 0 Å². The molecule has 1 atom stereocenters. The fourth-order valence-corrected chi connectivity index (χ4v) is 2.34. The molecule has 4 nitrogen and oxygen atoms in total. The van der Waals surface area contributed by atoms with Crippen LogP contribution in [0.4, 0.5) is 0 Å². The van der Waals surface area contributed by atoms with E-state index in [1.54, 1.807) is 7.11 Å². The Balaban J connectivity index is 2.20. The number of carboxylic acids is 1. The number of ether oxygens (including phenoxy) is 1. The molecular formula is C11H21NO3. The van der Waals surface area contributed by atoms with Crippen molar-refractivity contribution >= 4 is 5.97 Å². The maximum atomic E-state index is 10.4. The molecule has 15 heavy (non-hydrogen) atoms. The zero-order chi connectivity index (χ0) is 11.3. The monoisotopic (exact) mass is 215 g/mol. The zero-order valence-corrected chi connectivity index (χ0v) is 9.32. The average molecular weight is 215 g/mol. The van der Waals surface area contributed by atoms with Crippen molar-refractivity contribution in [3.05, 3.63) is 0 Å². The van der Waals surface area contributed by atoms with Crippen LogP contribution in [0.15, 0.2) is 0 Å². The highest BCUT2D eigenvalue weighted by Gasteiger charge is 2.23. The van der Waals surface area contributed by atoms with Crippen molar-refractivity contribution < 1.29 is 14.6 Å². The second-order valence-corrected chi connectivity index (χ2v) is 4.47. The van der Waals surface area contributed by atoms with Gasteiger partial charge < -0.3 is 15.6 Å². The molecule has 88 valence electrons. The molecule has 4 heteroatoms. The Labute approximate surface area is 90.8 Å². The summed E-state index contributed by atoms with van der Waals surface area (Å²) in [7, 11) is 1.75. The first-order valence-corrected chi connectivity index (χ1v) is 5.62. The number of aliphatic carboxylic acids is 1. The number of hydrogen-bond acceptors (Lipinski definition) is 3. The molecule has 0 aromatic carbocycles. The Morgan fingerprint density at radius 1 is 1.47 bits per heavy atom. The molecular weight excluding hydrogens is 194 g/mol. The third-order valence-electron chi connectivity index (χ3n) is 3.20. The van der Waals surface area contributed by atoms with Crippen molar-refractivity contribution in [2.24, 2.45) is 11.7 Å². The van der Waals surface area contributed by atoms with E-state index in [2.05, 4.69) is 0 Å². The molecule has 0 spiro atoms. The highest BCUT2D eigenvalue weighted by atomic mass is 16.5. The van der Waals surface area contributed by atoms with Gasteiger partial charge in [-0.25, -0.2) is 0 Å². The first kappa shape index (κ1) is 12.5. The van der Waals surface area contributed by atoms with Crippen molar-refractivity contribution in [2.45, 2.75) is 50.7 Å². The lowest BCUT2D eigenvalue weighted by molar-refractivity contribution is -0.137. The molecule has 1 aliphatic carbocycles. The van der Waals surface area contributed by atoms with Crippen LogP contribution in [0.3, 0.4) is 0 Å². The SMILES string of the molecule is COC1CCC(C[C@@H](N)CC(=O)O)CC1. The van der Waals surface area contributed by atoms with Gasteiger partial charge in [-0.3, -0.25) is 4.79 Å². The standard InChI is InChI=1S/C11H21NO3/c1-15-10-4-2-8(3-5-10)6-9(12)7-11(13)14/h8-10H,2-7,12H2,1H3,(H,13,14)/t8?,9-,10?/m1/s1. The van der Waals surface area contributed by atoms with Crippen molar-refractivity contribution in [3.63, 3.8) is 0 Å². The van der Waals surface area contributed by atoms with Crippen molar-refractivity contribution in [1.29, 1.82) is 0 Å². The fourth-order valence-electron chi connectivity index (χ4n) is 2.34. The highest BCUT2D eigenvalue weighted by Crippen LogP contribution is 2.29. The predicted molar refractivity (Wildman–Crippen MR) is 57.6 cm³/mol. The summed E-state index contributed by atoms with van der Waals surface area (Å²) in [5.74, 6) is -0.209. The minimum atomic E-state index is -0.798. The van der Waals surface area contributed by atoms with Crippen LogP contribution in [0.2, 0.25) is 0 Å².